The van der Waals surface area contributed by atoms with E-state index in [0.717, 1.165) is 12.8 Å². The van der Waals surface area contributed by atoms with Crippen LogP contribution in [0, 0.1) is 0 Å². The van der Waals surface area contributed by atoms with Gasteiger partial charge in [-0.25, -0.2) is 0 Å². The first-order valence-electron chi connectivity index (χ1n) is 4.68. The van der Waals surface area contributed by atoms with Crippen LogP contribution < -0.4 is 4.90 Å². The van der Waals surface area contributed by atoms with E-state index in [-0.39, 0.29) is 5.13 Å². The van der Waals surface area contributed by atoms with Gasteiger partial charge in [-0.3, -0.25) is 0 Å². The smallest absolute Gasteiger partial charge is 0.350 e. The molecule has 90 valence electrons. The lowest BCUT2D eigenvalue weighted by molar-refractivity contribution is -0.138. The lowest BCUT2D eigenvalue weighted by Crippen LogP contribution is -2.17. The molecule has 1 rings (SSSR count). The lowest BCUT2D eigenvalue weighted by Gasteiger charge is -2.13. The minimum absolute atomic E-state index is 0.288. The van der Waals surface area contributed by atoms with Gasteiger partial charge in [0.2, 0.25) is 10.1 Å². The number of aromatic nitrogens is 2. The van der Waals surface area contributed by atoms with Crippen molar-refractivity contribution in [2.75, 3.05) is 18.5 Å². The van der Waals surface area contributed by atoms with Crippen molar-refractivity contribution in [2.45, 2.75) is 19.0 Å². The molecule has 0 fully saturated rings. The average molecular weight is 251 g/mol. The van der Waals surface area contributed by atoms with Gasteiger partial charge in [-0.15, -0.1) is 16.8 Å². The molecule has 0 aliphatic rings. The lowest BCUT2D eigenvalue weighted by atomic mass is 10.3. The van der Waals surface area contributed by atoms with Gasteiger partial charge in [0.05, 0.1) is 0 Å². The van der Waals surface area contributed by atoms with Crippen molar-refractivity contribution >= 4 is 16.5 Å². The highest BCUT2D eigenvalue weighted by Gasteiger charge is 2.35. The molecule has 0 unspecified atom stereocenters. The predicted octanol–water partition coefficient (Wildman–Crippen LogP) is 2.96. The summed E-state index contributed by atoms with van der Waals surface area (Å²) in [5.74, 6) is 0. The van der Waals surface area contributed by atoms with E-state index in [2.05, 4.69) is 16.8 Å². The van der Waals surface area contributed by atoms with Gasteiger partial charge in [0.15, 0.2) is 0 Å². The third kappa shape index (κ3) is 3.48. The van der Waals surface area contributed by atoms with Gasteiger partial charge < -0.3 is 4.90 Å². The van der Waals surface area contributed by atoms with Crippen LogP contribution in [-0.2, 0) is 6.18 Å². The number of unbranched alkanes of at least 4 members (excludes halogenated alkanes) is 1. The standard InChI is InChI=1S/C9H12F3N3S/c1-3-4-5-6-15(2)8-14-13-7(16-8)9(10,11)12/h3H,1,4-6H2,2H3. The molecule has 0 amide bonds. The monoisotopic (exact) mass is 251 g/mol. The Labute approximate surface area is 95.6 Å². The van der Waals surface area contributed by atoms with Gasteiger partial charge in [0.1, 0.15) is 0 Å². The second-order valence-corrected chi connectivity index (χ2v) is 4.20. The van der Waals surface area contributed by atoms with Gasteiger partial charge in [-0.05, 0) is 12.8 Å². The van der Waals surface area contributed by atoms with Crippen LogP contribution in [0.15, 0.2) is 12.7 Å². The van der Waals surface area contributed by atoms with Crippen LogP contribution in [0.2, 0.25) is 0 Å². The second kappa shape index (κ2) is 5.29. The number of hydrogen-bond acceptors (Lipinski definition) is 4. The molecule has 0 atom stereocenters. The van der Waals surface area contributed by atoms with Crippen LogP contribution in [0.4, 0.5) is 18.3 Å². The summed E-state index contributed by atoms with van der Waals surface area (Å²) in [6.07, 6.45) is -0.969. The minimum atomic E-state index is -4.40. The van der Waals surface area contributed by atoms with Crippen LogP contribution in [0.25, 0.3) is 0 Å². The molecule has 0 aliphatic heterocycles. The zero-order valence-electron chi connectivity index (χ0n) is 8.79. The average Bonchev–Trinajstić information content (AvgIpc) is 2.66. The van der Waals surface area contributed by atoms with Gasteiger partial charge in [-0.2, -0.15) is 13.2 Å². The van der Waals surface area contributed by atoms with E-state index >= 15 is 0 Å². The Morgan fingerprint density at radius 2 is 2.12 bits per heavy atom. The Hall–Kier alpha value is -1.11. The molecule has 0 N–H and O–H groups in total. The maximum atomic E-state index is 12.2. The molecule has 7 heteroatoms. The number of allylic oxidation sites excluding steroid dienone is 1. The van der Waals surface area contributed by atoms with Crippen molar-refractivity contribution in [2.24, 2.45) is 0 Å². The van der Waals surface area contributed by atoms with Crippen LogP contribution >= 0.6 is 11.3 Å². The van der Waals surface area contributed by atoms with Crippen molar-refractivity contribution in [3.05, 3.63) is 17.7 Å². The van der Waals surface area contributed by atoms with Gasteiger partial charge in [-0.1, -0.05) is 17.4 Å². The van der Waals surface area contributed by atoms with Crippen LogP contribution in [0.1, 0.15) is 17.8 Å². The van der Waals surface area contributed by atoms with Gasteiger partial charge in [0.25, 0.3) is 0 Å². The second-order valence-electron chi connectivity index (χ2n) is 3.24. The van der Waals surface area contributed by atoms with E-state index in [1.807, 2.05) is 0 Å². The van der Waals surface area contributed by atoms with E-state index in [0.29, 0.717) is 17.9 Å². The van der Waals surface area contributed by atoms with Crippen molar-refractivity contribution in [3.63, 3.8) is 0 Å². The fraction of sp³-hybridized carbons (Fsp3) is 0.556. The van der Waals surface area contributed by atoms with E-state index in [1.54, 1.807) is 18.0 Å². The highest BCUT2D eigenvalue weighted by molar-refractivity contribution is 7.15. The third-order valence-corrected chi connectivity index (χ3v) is 2.97. The third-order valence-electron chi connectivity index (χ3n) is 1.89. The molecule has 0 saturated heterocycles. The quantitative estimate of drug-likeness (QED) is 0.595. The normalized spacial score (nSPS) is 11.5. The van der Waals surface area contributed by atoms with E-state index < -0.39 is 11.2 Å². The molecule has 0 bridgehead atoms. The number of rotatable bonds is 5. The molecule has 1 aromatic heterocycles. The molecular weight excluding hydrogens is 239 g/mol. The largest absolute Gasteiger partial charge is 0.445 e. The molecule has 0 aromatic carbocycles. The highest BCUT2D eigenvalue weighted by Crippen LogP contribution is 2.33. The summed E-state index contributed by atoms with van der Waals surface area (Å²) in [5.41, 5.74) is 0. The first-order chi connectivity index (χ1) is 7.45. The Bertz CT molecular complexity index is 348. The molecule has 3 nitrogen and oxygen atoms in total. The predicted molar refractivity (Wildman–Crippen MR) is 57.6 cm³/mol. The summed E-state index contributed by atoms with van der Waals surface area (Å²) >= 11 is 0.559. The summed E-state index contributed by atoms with van der Waals surface area (Å²) in [7, 11) is 1.70. The highest BCUT2D eigenvalue weighted by atomic mass is 32.1. The summed E-state index contributed by atoms with van der Waals surface area (Å²) in [4.78, 5) is 1.66. The molecule has 0 aliphatic carbocycles. The first-order valence-corrected chi connectivity index (χ1v) is 5.49. The van der Waals surface area contributed by atoms with Gasteiger partial charge >= 0.3 is 6.18 Å². The first kappa shape index (κ1) is 13.0. The molecule has 16 heavy (non-hydrogen) atoms. The Morgan fingerprint density at radius 3 is 2.62 bits per heavy atom. The zero-order chi connectivity index (χ0) is 12.2. The van der Waals surface area contributed by atoms with E-state index in [9.17, 15) is 13.2 Å². The van der Waals surface area contributed by atoms with Crippen molar-refractivity contribution in [1.29, 1.82) is 0 Å². The maximum Gasteiger partial charge on any atom is 0.445 e. The minimum Gasteiger partial charge on any atom is -0.350 e. The number of hydrogen-bond donors (Lipinski definition) is 0. The van der Waals surface area contributed by atoms with Crippen LogP contribution in [0.3, 0.4) is 0 Å². The molecular formula is C9H12F3N3S. The summed E-state index contributed by atoms with van der Waals surface area (Å²) in [6.45, 7) is 4.21. The van der Waals surface area contributed by atoms with Crippen molar-refractivity contribution in [1.82, 2.24) is 10.2 Å². The summed E-state index contributed by atoms with van der Waals surface area (Å²) < 4.78 is 36.7. The van der Waals surface area contributed by atoms with Crippen molar-refractivity contribution < 1.29 is 13.2 Å². The number of alkyl halides is 3. The molecule has 0 saturated carbocycles. The molecule has 0 radical (unpaired) electrons. The fourth-order valence-electron chi connectivity index (χ4n) is 1.05. The topological polar surface area (TPSA) is 29.0 Å². The Balaban J connectivity index is 2.60. The Kier molecular flexibility index (Phi) is 4.28. The zero-order valence-corrected chi connectivity index (χ0v) is 9.61. The number of nitrogens with zero attached hydrogens (tertiary/aromatic N) is 3. The fourth-order valence-corrected chi connectivity index (χ4v) is 1.75. The molecule has 1 aromatic rings. The summed E-state index contributed by atoms with van der Waals surface area (Å²) in [6, 6.07) is 0. The molecule has 0 spiro atoms. The summed E-state index contributed by atoms with van der Waals surface area (Å²) in [5, 5.41) is 6.01. The van der Waals surface area contributed by atoms with Crippen molar-refractivity contribution in [3.8, 4) is 0 Å². The Morgan fingerprint density at radius 1 is 1.44 bits per heavy atom. The molecule has 1 heterocycles. The van der Waals surface area contributed by atoms with Crippen LogP contribution in [-0.4, -0.2) is 23.8 Å². The van der Waals surface area contributed by atoms with Crippen LogP contribution in [0.5, 0.6) is 0 Å². The van der Waals surface area contributed by atoms with E-state index in [4.69, 9.17) is 0 Å². The van der Waals surface area contributed by atoms with Gasteiger partial charge in [0, 0.05) is 13.6 Å². The maximum absolute atomic E-state index is 12.2. The van der Waals surface area contributed by atoms with E-state index in [1.165, 1.54) is 0 Å². The number of anilines is 1. The SMILES string of the molecule is C=CCCCN(C)c1nnc(C(F)(F)F)s1. The number of halogens is 3.